The summed E-state index contributed by atoms with van der Waals surface area (Å²) in [7, 11) is 0. The van der Waals surface area contributed by atoms with Crippen LogP contribution in [-0.2, 0) is 6.61 Å². The number of aliphatic hydroxyl groups excluding tert-OH is 1. The van der Waals surface area contributed by atoms with Crippen molar-refractivity contribution in [3.8, 4) is 11.4 Å². The molecule has 0 aliphatic carbocycles. The van der Waals surface area contributed by atoms with Gasteiger partial charge in [-0.25, -0.2) is 4.98 Å². The van der Waals surface area contributed by atoms with E-state index in [1.54, 1.807) is 18.6 Å². The standard InChI is InChI=1S/C10H11N3O/c1-7-4-9(8(6-14)5-13-7)10-11-2-3-12-10/h2-5,14H,6H2,1H3,(H,11,12). The van der Waals surface area contributed by atoms with Crippen molar-refractivity contribution >= 4 is 0 Å². The molecule has 2 aromatic rings. The molecule has 0 radical (unpaired) electrons. The highest BCUT2D eigenvalue weighted by molar-refractivity contribution is 5.59. The highest BCUT2D eigenvalue weighted by Crippen LogP contribution is 2.19. The zero-order valence-electron chi connectivity index (χ0n) is 7.86. The lowest BCUT2D eigenvalue weighted by atomic mass is 10.1. The van der Waals surface area contributed by atoms with Crippen LogP contribution in [0.1, 0.15) is 11.3 Å². The number of aliphatic hydroxyl groups is 1. The second-order valence-electron chi connectivity index (χ2n) is 3.08. The van der Waals surface area contributed by atoms with E-state index < -0.39 is 0 Å². The van der Waals surface area contributed by atoms with Crippen molar-refractivity contribution in [2.24, 2.45) is 0 Å². The molecule has 0 amide bonds. The molecule has 4 nitrogen and oxygen atoms in total. The highest BCUT2D eigenvalue weighted by Gasteiger charge is 2.06. The van der Waals surface area contributed by atoms with Gasteiger partial charge in [0.2, 0.25) is 0 Å². The van der Waals surface area contributed by atoms with Gasteiger partial charge in [0.1, 0.15) is 5.82 Å². The van der Waals surface area contributed by atoms with Crippen LogP contribution in [0.5, 0.6) is 0 Å². The van der Waals surface area contributed by atoms with Gasteiger partial charge in [0, 0.05) is 35.4 Å². The number of hydrogen-bond donors (Lipinski definition) is 2. The van der Waals surface area contributed by atoms with E-state index in [1.165, 1.54) is 0 Å². The SMILES string of the molecule is Cc1cc(-c2ncc[nH]2)c(CO)cn1. The molecule has 2 heterocycles. The molecule has 0 bridgehead atoms. The Hall–Kier alpha value is -1.68. The van der Waals surface area contributed by atoms with Crippen LogP contribution in [0.2, 0.25) is 0 Å². The topological polar surface area (TPSA) is 61.8 Å². The second-order valence-corrected chi connectivity index (χ2v) is 3.08. The van der Waals surface area contributed by atoms with Crippen LogP contribution in [0, 0.1) is 6.92 Å². The summed E-state index contributed by atoms with van der Waals surface area (Å²) < 4.78 is 0. The average molecular weight is 189 g/mol. The zero-order chi connectivity index (χ0) is 9.97. The number of aromatic amines is 1. The van der Waals surface area contributed by atoms with Crippen LogP contribution in [0.3, 0.4) is 0 Å². The normalized spacial score (nSPS) is 10.4. The molecular weight excluding hydrogens is 178 g/mol. The first kappa shape index (κ1) is 8.90. The fraction of sp³-hybridized carbons (Fsp3) is 0.200. The predicted molar refractivity (Wildman–Crippen MR) is 52.5 cm³/mol. The van der Waals surface area contributed by atoms with Gasteiger partial charge in [-0.15, -0.1) is 0 Å². The average Bonchev–Trinajstić information content (AvgIpc) is 2.70. The van der Waals surface area contributed by atoms with E-state index in [1.807, 2.05) is 13.0 Å². The fourth-order valence-corrected chi connectivity index (χ4v) is 1.35. The summed E-state index contributed by atoms with van der Waals surface area (Å²) in [5.74, 6) is 0.763. The van der Waals surface area contributed by atoms with Gasteiger partial charge >= 0.3 is 0 Å². The smallest absolute Gasteiger partial charge is 0.137 e. The Bertz CT molecular complexity index is 423. The number of pyridine rings is 1. The molecule has 0 unspecified atom stereocenters. The van der Waals surface area contributed by atoms with Crippen molar-refractivity contribution in [2.45, 2.75) is 13.5 Å². The van der Waals surface area contributed by atoms with Crippen LogP contribution < -0.4 is 0 Å². The van der Waals surface area contributed by atoms with E-state index in [4.69, 9.17) is 5.11 Å². The molecule has 2 rings (SSSR count). The van der Waals surface area contributed by atoms with Gasteiger partial charge < -0.3 is 10.1 Å². The maximum atomic E-state index is 9.13. The third-order valence-corrected chi connectivity index (χ3v) is 2.05. The summed E-state index contributed by atoms with van der Waals surface area (Å²) in [4.78, 5) is 11.3. The molecule has 0 fully saturated rings. The highest BCUT2D eigenvalue weighted by atomic mass is 16.3. The van der Waals surface area contributed by atoms with Crippen LogP contribution >= 0.6 is 0 Å². The summed E-state index contributed by atoms with van der Waals surface area (Å²) in [6, 6.07) is 1.91. The van der Waals surface area contributed by atoms with Gasteiger partial charge in [-0.3, -0.25) is 4.98 Å². The Labute approximate surface area is 81.7 Å². The monoisotopic (exact) mass is 189 g/mol. The molecule has 14 heavy (non-hydrogen) atoms. The second kappa shape index (κ2) is 3.59. The minimum Gasteiger partial charge on any atom is -0.392 e. The first-order valence-electron chi connectivity index (χ1n) is 4.37. The lowest BCUT2D eigenvalue weighted by Crippen LogP contribution is -1.94. The molecule has 0 aliphatic heterocycles. The molecule has 4 heteroatoms. The first-order valence-corrected chi connectivity index (χ1v) is 4.37. The van der Waals surface area contributed by atoms with Gasteiger partial charge in [-0.2, -0.15) is 0 Å². The number of nitrogens with zero attached hydrogens (tertiary/aromatic N) is 2. The maximum Gasteiger partial charge on any atom is 0.137 e. The Balaban J connectivity index is 2.55. The minimum absolute atomic E-state index is 0.0245. The molecule has 0 aliphatic rings. The predicted octanol–water partition coefficient (Wildman–Crippen LogP) is 1.27. The van der Waals surface area contributed by atoms with E-state index in [0.717, 1.165) is 22.6 Å². The number of hydrogen-bond acceptors (Lipinski definition) is 3. The van der Waals surface area contributed by atoms with Crippen LogP contribution in [0.15, 0.2) is 24.7 Å². The summed E-state index contributed by atoms with van der Waals surface area (Å²) in [6.45, 7) is 1.89. The molecule has 0 spiro atoms. The van der Waals surface area contributed by atoms with Gasteiger partial charge in [-0.1, -0.05) is 0 Å². The lowest BCUT2D eigenvalue weighted by Gasteiger charge is -2.04. The molecule has 72 valence electrons. The molecule has 2 N–H and O–H groups in total. The number of aryl methyl sites for hydroxylation is 1. The van der Waals surface area contributed by atoms with Crippen molar-refractivity contribution in [3.05, 3.63) is 35.9 Å². The minimum atomic E-state index is -0.0245. The third kappa shape index (κ3) is 1.52. The molecule has 2 aromatic heterocycles. The van der Waals surface area contributed by atoms with E-state index in [0.29, 0.717) is 0 Å². The van der Waals surface area contributed by atoms with Gasteiger partial charge in [0.15, 0.2) is 0 Å². The maximum absolute atomic E-state index is 9.13. The summed E-state index contributed by atoms with van der Waals surface area (Å²) in [5.41, 5.74) is 2.60. The number of imidazole rings is 1. The van der Waals surface area contributed by atoms with Crippen molar-refractivity contribution in [1.29, 1.82) is 0 Å². The number of nitrogens with one attached hydrogen (secondary N) is 1. The molecular formula is C10H11N3O. The molecule has 0 saturated heterocycles. The Morgan fingerprint density at radius 1 is 1.43 bits per heavy atom. The van der Waals surface area contributed by atoms with Gasteiger partial charge in [0.05, 0.1) is 6.61 Å². The largest absolute Gasteiger partial charge is 0.392 e. The quantitative estimate of drug-likeness (QED) is 0.747. The number of H-pyrrole nitrogens is 1. The van der Waals surface area contributed by atoms with E-state index in [9.17, 15) is 0 Å². The lowest BCUT2D eigenvalue weighted by molar-refractivity contribution is 0.282. The van der Waals surface area contributed by atoms with Gasteiger partial charge in [0.25, 0.3) is 0 Å². The summed E-state index contributed by atoms with van der Waals surface area (Å²) in [5, 5.41) is 9.13. The van der Waals surface area contributed by atoms with E-state index >= 15 is 0 Å². The van der Waals surface area contributed by atoms with Crippen molar-refractivity contribution < 1.29 is 5.11 Å². The van der Waals surface area contributed by atoms with Crippen molar-refractivity contribution in [2.75, 3.05) is 0 Å². The third-order valence-electron chi connectivity index (χ3n) is 2.05. The van der Waals surface area contributed by atoms with Crippen LogP contribution in [0.25, 0.3) is 11.4 Å². The number of rotatable bonds is 2. The Kier molecular flexibility index (Phi) is 2.28. The van der Waals surface area contributed by atoms with Crippen LogP contribution in [0.4, 0.5) is 0 Å². The molecule has 0 aromatic carbocycles. The summed E-state index contributed by atoms with van der Waals surface area (Å²) in [6.07, 6.45) is 5.12. The Morgan fingerprint density at radius 2 is 2.29 bits per heavy atom. The van der Waals surface area contributed by atoms with Crippen LogP contribution in [-0.4, -0.2) is 20.1 Å². The van der Waals surface area contributed by atoms with E-state index in [2.05, 4.69) is 15.0 Å². The van der Waals surface area contributed by atoms with Crippen molar-refractivity contribution in [1.82, 2.24) is 15.0 Å². The fourth-order valence-electron chi connectivity index (χ4n) is 1.35. The first-order chi connectivity index (χ1) is 6.81. The Morgan fingerprint density at radius 3 is 2.93 bits per heavy atom. The number of aromatic nitrogens is 3. The van der Waals surface area contributed by atoms with Gasteiger partial charge in [-0.05, 0) is 13.0 Å². The molecule has 0 saturated carbocycles. The summed E-state index contributed by atoms with van der Waals surface area (Å²) >= 11 is 0. The van der Waals surface area contributed by atoms with Crippen molar-refractivity contribution in [3.63, 3.8) is 0 Å². The molecule has 0 atom stereocenters. The van der Waals surface area contributed by atoms with E-state index in [-0.39, 0.29) is 6.61 Å². The zero-order valence-corrected chi connectivity index (χ0v) is 7.86.